The van der Waals surface area contributed by atoms with Crippen LogP contribution in [-0.2, 0) is 6.42 Å². The molecule has 1 heterocycles. The summed E-state index contributed by atoms with van der Waals surface area (Å²) in [5.41, 5.74) is 13.0. The van der Waals surface area contributed by atoms with Crippen LogP contribution in [0.25, 0.3) is 5.57 Å². The van der Waals surface area contributed by atoms with Crippen molar-refractivity contribution in [3.05, 3.63) is 65.2 Å². The highest BCUT2D eigenvalue weighted by Gasteiger charge is 2.28. The second-order valence-electron chi connectivity index (χ2n) is 10.9. The molecule has 3 N–H and O–H groups in total. The lowest BCUT2D eigenvalue weighted by Gasteiger charge is -2.40. The fourth-order valence-electron chi connectivity index (χ4n) is 6.28. The Hall–Kier alpha value is -2.83. The Balaban J connectivity index is 1.39. The summed E-state index contributed by atoms with van der Waals surface area (Å²) < 4.78 is 0. The lowest BCUT2D eigenvalue weighted by molar-refractivity contribution is 0.174. The van der Waals surface area contributed by atoms with E-state index in [0.29, 0.717) is 18.0 Å². The number of benzene rings is 2. The molecule has 6 nitrogen and oxygen atoms in total. The van der Waals surface area contributed by atoms with Gasteiger partial charge in [0.15, 0.2) is 0 Å². The van der Waals surface area contributed by atoms with E-state index >= 15 is 0 Å². The number of hydrazine groups is 1. The molecule has 2 amide bonds. The third-order valence-electron chi connectivity index (χ3n) is 8.34. The van der Waals surface area contributed by atoms with Crippen molar-refractivity contribution in [1.82, 2.24) is 10.3 Å². The summed E-state index contributed by atoms with van der Waals surface area (Å²) in [7, 11) is 2.00. The summed E-state index contributed by atoms with van der Waals surface area (Å²) in [6, 6.07) is 15.8. The van der Waals surface area contributed by atoms with Gasteiger partial charge in [-0.3, -0.25) is 0 Å². The molecule has 0 spiro atoms. The van der Waals surface area contributed by atoms with E-state index in [9.17, 15) is 4.79 Å². The van der Waals surface area contributed by atoms with Crippen molar-refractivity contribution in [2.24, 2.45) is 11.7 Å². The van der Waals surface area contributed by atoms with Gasteiger partial charge in [0.25, 0.3) is 0 Å². The van der Waals surface area contributed by atoms with Gasteiger partial charge < -0.3 is 16.0 Å². The molecule has 2 fully saturated rings. The third kappa shape index (κ3) is 4.89. The maximum Gasteiger partial charge on any atom is 0.334 e. The Morgan fingerprint density at radius 1 is 1.08 bits per heavy atom. The van der Waals surface area contributed by atoms with Crippen molar-refractivity contribution in [1.29, 1.82) is 0 Å². The van der Waals surface area contributed by atoms with Crippen LogP contribution in [0.2, 0.25) is 0 Å². The molecule has 2 aliphatic carbocycles. The van der Waals surface area contributed by atoms with E-state index in [4.69, 9.17) is 5.73 Å². The molecule has 0 radical (unpaired) electrons. The number of amides is 2. The van der Waals surface area contributed by atoms with Crippen LogP contribution in [0, 0.1) is 5.92 Å². The lowest BCUT2D eigenvalue weighted by atomic mass is 9.95. The van der Waals surface area contributed by atoms with Crippen molar-refractivity contribution >= 4 is 23.0 Å². The van der Waals surface area contributed by atoms with Gasteiger partial charge >= 0.3 is 6.03 Å². The van der Waals surface area contributed by atoms with E-state index in [-0.39, 0.29) is 0 Å². The molecule has 0 bridgehead atoms. The molecule has 0 aromatic heterocycles. The molecular weight excluding hydrogens is 446 g/mol. The first-order chi connectivity index (χ1) is 17.4. The van der Waals surface area contributed by atoms with Gasteiger partial charge in [-0.2, -0.15) is 0 Å². The lowest BCUT2D eigenvalue weighted by Crippen LogP contribution is -2.53. The third-order valence-corrected chi connectivity index (χ3v) is 8.34. The molecule has 1 atom stereocenters. The van der Waals surface area contributed by atoms with Gasteiger partial charge in [0.05, 0.1) is 5.69 Å². The number of urea groups is 1. The van der Waals surface area contributed by atoms with Gasteiger partial charge in [-0.25, -0.2) is 14.8 Å². The Bertz CT molecular complexity index is 1100. The zero-order valence-electron chi connectivity index (χ0n) is 22.0. The van der Waals surface area contributed by atoms with Crippen LogP contribution >= 0.6 is 0 Å². The number of nitrogens with zero attached hydrogens (tertiary/aromatic N) is 3. The molecular formula is C30H41N5O. The summed E-state index contributed by atoms with van der Waals surface area (Å²) >= 11 is 0. The average molecular weight is 488 g/mol. The summed E-state index contributed by atoms with van der Waals surface area (Å²) in [6.45, 7) is 7.70. The number of carbonyl (C=O) groups is 1. The first-order valence-corrected chi connectivity index (χ1v) is 13.7. The topological polar surface area (TPSA) is 64.8 Å². The molecule has 2 aromatic carbocycles. The number of nitrogens with one attached hydrogen (secondary N) is 1. The van der Waals surface area contributed by atoms with E-state index in [1.807, 2.05) is 13.1 Å². The van der Waals surface area contributed by atoms with E-state index in [1.54, 1.807) is 5.01 Å². The number of hydrogen-bond donors (Lipinski definition) is 2. The van der Waals surface area contributed by atoms with Crippen LogP contribution in [0.15, 0.2) is 48.5 Å². The fraction of sp³-hybridized carbons (Fsp3) is 0.500. The smallest absolute Gasteiger partial charge is 0.334 e. The zero-order valence-corrected chi connectivity index (χ0v) is 22.0. The number of hydrogen-bond acceptors (Lipinski definition) is 4. The highest BCUT2D eigenvalue weighted by molar-refractivity contribution is 5.92. The van der Waals surface area contributed by atoms with Crippen molar-refractivity contribution in [2.45, 2.75) is 64.5 Å². The number of primary amides is 1. The maximum atomic E-state index is 12.6. The molecule has 5 rings (SSSR count). The number of carbonyl (C=O) groups excluding carboxylic acids is 1. The van der Waals surface area contributed by atoms with Crippen LogP contribution in [0.1, 0.15) is 62.6 Å². The Morgan fingerprint density at radius 2 is 1.83 bits per heavy atom. The standard InChI is InChI=1S/C30H41N5O/c1-21(2)29-20-32-17-18-34(29)25-13-9-22(10-14-25)27-16-12-23-11-15-26(19-28(23)27)35(30(31)36)33(3)24-7-5-4-6-8-24/h9-11,13-16,19,21,24,29,32H,4-8,12,17-18,20H2,1-3H3,(H2,31,36). The van der Waals surface area contributed by atoms with Crippen LogP contribution in [0.5, 0.6) is 0 Å². The predicted octanol–water partition coefficient (Wildman–Crippen LogP) is 5.17. The van der Waals surface area contributed by atoms with Gasteiger partial charge in [0.1, 0.15) is 0 Å². The molecule has 1 saturated carbocycles. The summed E-state index contributed by atoms with van der Waals surface area (Å²) in [5, 5.41) is 7.28. The number of nitrogens with two attached hydrogens (primary N) is 1. The van der Waals surface area contributed by atoms with Crippen molar-refractivity contribution in [3.8, 4) is 0 Å². The average Bonchev–Trinajstić information content (AvgIpc) is 3.32. The Labute approximate surface area is 216 Å². The normalized spacial score (nSPS) is 20.5. The number of fused-ring (bicyclic) bond motifs is 1. The van der Waals surface area contributed by atoms with Gasteiger partial charge in [0, 0.05) is 44.5 Å². The molecule has 1 aliphatic heterocycles. The SMILES string of the molecule is CC(C)C1CNCCN1c1ccc(C2=CCc3ccc(N(C(N)=O)N(C)C4CCCCC4)cc32)cc1. The van der Waals surface area contributed by atoms with Gasteiger partial charge in [-0.15, -0.1) is 0 Å². The van der Waals surface area contributed by atoms with E-state index in [2.05, 4.69) is 71.5 Å². The van der Waals surface area contributed by atoms with Crippen LogP contribution in [0.3, 0.4) is 0 Å². The second kappa shape index (κ2) is 10.7. The van der Waals surface area contributed by atoms with Gasteiger partial charge in [0.2, 0.25) is 0 Å². The van der Waals surface area contributed by atoms with Crippen molar-refractivity contribution < 1.29 is 4.79 Å². The minimum atomic E-state index is -0.424. The number of piperazine rings is 1. The fourth-order valence-corrected chi connectivity index (χ4v) is 6.28. The molecule has 36 heavy (non-hydrogen) atoms. The zero-order chi connectivity index (χ0) is 25.2. The van der Waals surface area contributed by atoms with Crippen LogP contribution in [-0.4, -0.2) is 49.8 Å². The van der Waals surface area contributed by atoms with E-state index < -0.39 is 6.03 Å². The molecule has 2 aromatic rings. The monoisotopic (exact) mass is 487 g/mol. The van der Waals surface area contributed by atoms with Crippen molar-refractivity contribution in [2.75, 3.05) is 36.6 Å². The van der Waals surface area contributed by atoms with Gasteiger partial charge in [-0.05, 0) is 71.7 Å². The number of allylic oxidation sites excluding steroid dienone is 1. The Kier molecular flexibility index (Phi) is 7.35. The molecule has 3 aliphatic rings. The highest BCUT2D eigenvalue weighted by atomic mass is 16.2. The maximum absolute atomic E-state index is 12.6. The quantitative estimate of drug-likeness (QED) is 0.552. The number of anilines is 2. The number of rotatable bonds is 6. The summed E-state index contributed by atoms with van der Waals surface area (Å²) in [4.78, 5) is 15.1. The Morgan fingerprint density at radius 3 is 2.53 bits per heavy atom. The van der Waals surface area contributed by atoms with Gasteiger partial charge in [-0.1, -0.05) is 57.4 Å². The van der Waals surface area contributed by atoms with Crippen LogP contribution in [0.4, 0.5) is 16.2 Å². The van der Waals surface area contributed by atoms with E-state index in [1.165, 1.54) is 47.2 Å². The first-order valence-electron chi connectivity index (χ1n) is 13.7. The summed E-state index contributed by atoms with van der Waals surface area (Å²) in [6.07, 6.45) is 9.13. The first kappa shape index (κ1) is 24.8. The molecule has 192 valence electrons. The summed E-state index contributed by atoms with van der Waals surface area (Å²) in [5.74, 6) is 0.597. The highest BCUT2D eigenvalue weighted by Crippen LogP contribution is 2.37. The largest absolute Gasteiger partial charge is 0.366 e. The molecule has 6 heteroatoms. The molecule has 1 unspecified atom stereocenters. The van der Waals surface area contributed by atoms with E-state index in [0.717, 1.165) is 44.6 Å². The minimum Gasteiger partial charge on any atom is -0.366 e. The minimum absolute atomic E-state index is 0.349. The molecule has 1 saturated heterocycles. The predicted molar refractivity (Wildman–Crippen MR) is 149 cm³/mol. The van der Waals surface area contributed by atoms with Crippen LogP contribution < -0.4 is 21.0 Å². The second-order valence-corrected chi connectivity index (χ2v) is 10.9. The van der Waals surface area contributed by atoms with Crippen molar-refractivity contribution in [3.63, 3.8) is 0 Å².